The monoisotopic (exact) mass is 721 g/mol. The lowest BCUT2D eigenvalue weighted by atomic mass is 9.78. The van der Waals surface area contributed by atoms with E-state index in [-0.39, 0.29) is 48.2 Å². The van der Waals surface area contributed by atoms with Crippen LogP contribution in [0.25, 0.3) is 0 Å². The van der Waals surface area contributed by atoms with Crippen LogP contribution in [0.1, 0.15) is 106 Å². The van der Waals surface area contributed by atoms with Crippen molar-refractivity contribution in [3.8, 4) is 0 Å². The van der Waals surface area contributed by atoms with Crippen molar-refractivity contribution in [2.24, 2.45) is 23.7 Å². The minimum atomic E-state index is -1.12. The first-order chi connectivity index (χ1) is 24.0. The minimum absolute atomic E-state index is 0.0609. The summed E-state index contributed by atoms with van der Waals surface area (Å²) in [6.45, 7) is 15.6. The van der Waals surface area contributed by atoms with Gasteiger partial charge in [0.15, 0.2) is 17.7 Å². The first kappa shape index (κ1) is 40.5. The van der Waals surface area contributed by atoms with Gasteiger partial charge in [-0.3, -0.25) is 19.3 Å². The molecule has 2 N–H and O–H groups in total. The summed E-state index contributed by atoms with van der Waals surface area (Å²) in [6.07, 6.45) is 4.20. The van der Waals surface area contributed by atoms with E-state index in [9.17, 15) is 19.5 Å². The van der Waals surface area contributed by atoms with Gasteiger partial charge in [-0.25, -0.2) is 0 Å². The van der Waals surface area contributed by atoms with Gasteiger partial charge in [0.25, 0.3) is 0 Å². The molecule has 5 aliphatic rings. The van der Waals surface area contributed by atoms with Crippen molar-refractivity contribution in [2.75, 3.05) is 40.8 Å². The average Bonchev–Trinajstić information content (AvgIpc) is 3.79. The van der Waals surface area contributed by atoms with E-state index in [0.717, 1.165) is 13.1 Å². The van der Waals surface area contributed by atoms with E-state index < -0.39 is 53.6 Å². The second kappa shape index (κ2) is 16.0. The number of nitrogens with zero attached hydrogens (tertiary/aromatic N) is 2. The Morgan fingerprint density at radius 3 is 2.39 bits per heavy atom. The number of rotatable bonds is 7. The Balaban J connectivity index is 1.45. The second-order valence-electron chi connectivity index (χ2n) is 17.3. The van der Waals surface area contributed by atoms with E-state index in [1.807, 2.05) is 46.7 Å². The fourth-order valence-corrected chi connectivity index (χ4v) is 9.83. The third-order valence-electron chi connectivity index (χ3n) is 13.3. The van der Waals surface area contributed by atoms with Crippen LogP contribution in [0.4, 0.5) is 0 Å². The van der Waals surface area contributed by atoms with Crippen LogP contribution in [0.5, 0.6) is 0 Å². The van der Waals surface area contributed by atoms with Gasteiger partial charge >= 0.3 is 11.9 Å². The van der Waals surface area contributed by atoms with Crippen molar-refractivity contribution in [3.05, 3.63) is 0 Å². The molecular formula is C39H67N3O9. The van der Waals surface area contributed by atoms with Gasteiger partial charge in [-0.2, -0.15) is 0 Å². The van der Waals surface area contributed by atoms with Crippen LogP contribution in [-0.4, -0.2) is 133 Å². The standard InChI is InChI=1S/C39H67N3O9/c1-11-30-38(7)28(19-31(43)51-38)26(5)40-21-23(2)20-37(6,47-10)34(24(3)32(44)25(4)35(46)49-30)50-36-33(45)29(41(8)9)18-27(48-36)22-42-17-13-12-14-39(42)15-16-39/h23-30,33-34,36,40,45H,11-22H2,1-10H3/t23-,24+,25?,26-,27?,28-,29?,30-,33?,34-,36?,37-,38+/m1/s1. The molecule has 292 valence electrons. The SMILES string of the molecule is CC[C@H]1OC(=O)C(C)C(=O)[C@H](C)[C@@H](OC2OC(CN3CCCCC34CC4)CC(N(C)C)C2O)[C@](C)(OC)C[C@@H](C)CN[C@H](C)[C@H]2CC(=O)O[C@@]21C. The van der Waals surface area contributed by atoms with Gasteiger partial charge in [-0.15, -0.1) is 0 Å². The minimum Gasteiger partial charge on any atom is -0.458 e. The number of Topliss-reactive ketones (excluding diaryl/α,β-unsaturated/α-hetero) is 1. The number of nitrogens with one attached hydrogen (secondary N) is 1. The van der Waals surface area contributed by atoms with Gasteiger partial charge in [0.2, 0.25) is 0 Å². The quantitative estimate of drug-likeness (QED) is 0.293. The molecule has 5 unspecified atom stereocenters. The Hall–Kier alpha value is -1.67. The lowest BCUT2D eigenvalue weighted by Crippen LogP contribution is -2.61. The van der Waals surface area contributed by atoms with E-state index in [4.69, 9.17) is 23.7 Å². The first-order valence-corrected chi connectivity index (χ1v) is 19.6. The number of carbonyl (C=O) groups excluding carboxylic acids is 3. The molecule has 5 rings (SSSR count). The molecule has 4 saturated heterocycles. The third kappa shape index (κ3) is 8.37. The molecule has 0 bridgehead atoms. The van der Waals surface area contributed by atoms with Crippen LogP contribution >= 0.6 is 0 Å². The van der Waals surface area contributed by atoms with Crippen LogP contribution in [0.3, 0.4) is 0 Å². The third-order valence-corrected chi connectivity index (χ3v) is 13.3. The molecule has 12 nitrogen and oxygen atoms in total. The Labute approximate surface area is 305 Å². The second-order valence-corrected chi connectivity index (χ2v) is 17.3. The van der Waals surface area contributed by atoms with E-state index in [1.165, 1.54) is 32.1 Å². The largest absolute Gasteiger partial charge is 0.458 e. The lowest BCUT2D eigenvalue weighted by molar-refractivity contribution is -0.299. The van der Waals surface area contributed by atoms with Crippen LogP contribution < -0.4 is 5.32 Å². The fourth-order valence-electron chi connectivity index (χ4n) is 9.83. The Morgan fingerprint density at radius 2 is 1.76 bits per heavy atom. The van der Waals surface area contributed by atoms with Gasteiger partial charge in [-0.05, 0) is 106 Å². The summed E-state index contributed by atoms with van der Waals surface area (Å²) < 4.78 is 31.8. The number of piperidine rings is 1. The number of hydrogen-bond donors (Lipinski definition) is 2. The van der Waals surface area contributed by atoms with Crippen molar-refractivity contribution in [3.63, 3.8) is 0 Å². The van der Waals surface area contributed by atoms with Gasteiger partial charge in [0, 0.05) is 43.1 Å². The molecule has 0 aromatic carbocycles. The van der Waals surface area contributed by atoms with Crippen molar-refractivity contribution >= 4 is 17.7 Å². The van der Waals surface area contributed by atoms with E-state index in [0.29, 0.717) is 31.3 Å². The van der Waals surface area contributed by atoms with Crippen molar-refractivity contribution in [2.45, 2.75) is 166 Å². The molecule has 5 fully saturated rings. The maximum atomic E-state index is 14.3. The molecule has 1 saturated carbocycles. The molecule has 0 radical (unpaired) electrons. The molecule has 4 aliphatic heterocycles. The lowest BCUT2D eigenvalue weighted by Gasteiger charge is -2.48. The number of hydrogen-bond acceptors (Lipinski definition) is 12. The van der Waals surface area contributed by atoms with E-state index >= 15 is 0 Å². The Bertz CT molecular complexity index is 1250. The summed E-state index contributed by atoms with van der Waals surface area (Å²) in [6, 6.07) is -0.337. The molecule has 0 aromatic heterocycles. The van der Waals surface area contributed by atoms with E-state index in [1.54, 1.807) is 21.0 Å². The highest BCUT2D eigenvalue weighted by molar-refractivity contribution is 6.00. The number of ketones is 1. The fraction of sp³-hybridized carbons (Fsp3) is 0.923. The number of aliphatic hydroxyl groups excluding tert-OH is 1. The number of likely N-dealkylation sites (N-methyl/N-ethyl adjacent to an activating group) is 1. The highest BCUT2D eigenvalue weighted by Crippen LogP contribution is 2.49. The molecule has 12 heteroatoms. The van der Waals surface area contributed by atoms with Gasteiger partial charge in [-0.1, -0.05) is 27.2 Å². The first-order valence-electron chi connectivity index (χ1n) is 19.6. The maximum absolute atomic E-state index is 14.3. The topological polar surface area (TPSA) is 136 Å². The Morgan fingerprint density at radius 1 is 1.06 bits per heavy atom. The molecule has 13 atom stereocenters. The summed E-state index contributed by atoms with van der Waals surface area (Å²) >= 11 is 0. The number of methoxy groups -OCH3 is 1. The molecule has 0 aromatic rings. The normalized spacial score (nSPS) is 44.4. The van der Waals surface area contributed by atoms with Gasteiger partial charge in [0.05, 0.1) is 24.2 Å². The molecule has 1 aliphatic carbocycles. The molecular weight excluding hydrogens is 654 g/mol. The van der Waals surface area contributed by atoms with Crippen molar-refractivity contribution in [1.29, 1.82) is 0 Å². The smallest absolute Gasteiger partial charge is 0.316 e. The van der Waals surface area contributed by atoms with Crippen LogP contribution in [-0.2, 0) is 38.1 Å². The highest BCUT2D eigenvalue weighted by atomic mass is 16.7. The molecule has 1 spiro atoms. The van der Waals surface area contributed by atoms with Gasteiger partial charge in [0.1, 0.15) is 18.1 Å². The summed E-state index contributed by atoms with van der Waals surface area (Å²) in [7, 11) is 5.55. The summed E-state index contributed by atoms with van der Waals surface area (Å²) in [5.74, 6) is -3.45. The molecule has 4 heterocycles. The van der Waals surface area contributed by atoms with Crippen LogP contribution in [0.2, 0.25) is 0 Å². The zero-order valence-electron chi connectivity index (χ0n) is 32.9. The molecule has 0 amide bonds. The zero-order chi connectivity index (χ0) is 37.5. The average molecular weight is 722 g/mol. The van der Waals surface area contributed by atoms with Crippen molar-refractivity contribution in [1.82, 2.24) is 15.1 Å². The number of carbonyl (C=O) groups is 3. The van der Waals surface area contributed by atoms with Crippen LogP contribution in [0, 0.1) is 23.7 Å². The summed E-state index contributed by atoms with van der Waals surface area (Å²) in [4.78, 5) is 45.4. The number of cyclic esters (lactones) is 1. The van der Waals surface area contributed by atoms with E-state index in [2.05, 4.69) is 17.1 Å². The predicted molar refractivity (Wildman–Crippen MR) is 192 cm³/mol. The zero-order valence-corrected chi connectivity index (χ0v) is 32.9. The maximum Gasteiger partial charge on any atom is 0.316 e. The number of aliphatic hydroxyl groups is 1. The molecule has 51 heavy (non-hydrogen) atoms. The predicted octanol–water partition coefficient (Wildman–Crippen LogP) is 3.70. The number of fused-ring (bicyclic) bond motifs is 1. The number of likely N-dealkylation sites (tertiary alicyclic amines) is 1. The Kier molecular flexibility index (Phi) is 12.7. The van der Waals surface area contributed by atoms with Crippen LogP contribution in [0.15, 0.2) is 0 Å². The van der Waals surface area contributed by atoms with Gasteiger partial charge < -0.3 is 39.0 Å². The summed E-state index contributed by atoms with van der Waals surface area (Å²) in [5.41, 5.74) is -1.74. The number of ether oxygens (including phenoxy) is 5. The highest BCUT2D eigenvalue weighted by Gasteiger charge is 2.56. The number of esters is 2. The summed E-state index contributed by atoms with van der Waals surface area (Å²) in [5, 5.41) is 15.4. The van der Waals surface area contributed by atoms with Crippen molar-refractivity contribution < 1.29 is 43.2 Å².